The van der Waals surface area contributed by atoms with E-state index in [2.05, 4.69) is 20.3 Å². The first kappa shape index (κ1) is 17.8. The number of ether oxygens (including phenoxy) is 1. The van der Waals surface area contributed by atoms with Gasteiger partial charge in [0.1, 0.15) is 18.2 Å². The van der Waals surface area contributed by atoms with Crippen molar-refractivity contribution in [3.05, 3.63) is 6.33 Å². The molecule has 10 heteroatoms. The van der Waals surface area contributed by atoms with Gasteiger partial charge in [0.05, 0.1) is 12.2 Å². The SMILES string of the molecule is CC=Nc1c(N)ncnc1N[C@H]1CC[C@@](C)(COP(C)(=O)O)O1. The fourth-order valence-electron chi connectivity index (χ4n) is 2.27. The third kappa shape index (κ3) is 4.97. The molecule has 1 aromatic heterocycles. The summed E-state index contributed by atoms with van der Waals surface area (Å²) in [4.78, 5) is 21.5. The van der Waals surface area contributed by atoms with Crippen molar-refractivity contribution >= 4 is 31.1 Å². The maximum Gasteiger partial charge on any atom is 0.325 e. The largest absolute Gasteiger partial charge is 0.382 e. The summed E-state index contributed by atoms with van der Waals surface area (Å²) in [7, 11) is -3.53. The first-order valence-corrected chi connectivity index (χ1v) is 9.23. The summed E-state index contributed by atoms with van der Waals surface area (Å²) in [6.07, 6.45) is 4.01. The van der Waals surface area contributed by atoms with Crippen molar-refractivity contribution in [2.45, 2.75) is 38.5 Å². The summed E-state index contributed by atoms with van der Waals surface area (Å²) in [6, 6.07) is 0. The Hall–Kier alpha value is -1.54. The molecular formula is C13H22N5O4P. The summed E-state index contributed by atoms with van der Waals surface area (Å²) < 4.78 is 22.1. The van der Waals surface area contributed by atoms with Crippen LogP contribution >= 0.6 is 7.60 Å². The molecule has 1 aliphatic rings. The molecule has 2 heterocycles. The summed E-state index contributed by atoms with van der Waals surface area (Å²) in [5.41, 5.74) is 5.62. The maximum absolute atomic E-state index is 11.3. The number of aliphatic imine (C=N–C) groups is 1. The quantitative estimate of drug-likeness (QED) is 0.527. The molecule has 128 valence electrons. The van der Waals surface area contributed by atoms with Crippen LogP contribution in [0.5, 0.6) is 0 Å². The topological polar surface area (TPSA) is 132 Å². The standard InChI is InChI=1S/C13H22N5O4P/c1-4-15-10-11(14)16-8-17-12(10)18-9-5-6-13(2,22-9)7-21-23(3,19)20/h4,8-9H,5-7H2,1-3H3,(H,19,20)(H3,14,16,17,18)/t9-,13+/m1/s1. The molecule has 1 aromatic rings. The summed E-state index contributed by atoms with van der Waals surface area (Å²) in [5.74, 6) is 0.756. The Morgan fingerprint density at radius 2 is 2.43 bits per heavy atom. The fourth-order valence-corrected chi connectivity index (χ4v) is 2.78. The van der Waals surface area contributed by atoms with Gasteiger partial charge in [0.25, 0.3) is 0 Å². The van der Waals surface area contributed by atoms with Crippen molar-refractivity contribution in [2.75, 3.05) is 24.3 Å². The fraction of sp³-hybridized carbons (Fsp3) is 0.615. The molecular weight excluding hydrogens is 321 g/mol. The van der Waals surface area contributed by atoms with Crippen LogP contribution in [0.1, 0.15) is 26.7 Å². The third-order valence-electron chi connectivity index (χ3n) is 3.38. The van der Waals surface area contributed by atoms with Crippen molar-refractivity contribution in [3.8, 4) is 0 Å². The van der Waals surface area contributed by atoms with Gasteiger partial charge in [0.2, 0.25) is 0 Å². The molecule has 1 unspecified atom stereocenters. The van der Waals surface area contributed by atoms with Crippen LogP contribution < -0.4 is 11.1 Å². The number of nitrogens with one attached hydrogen (secondary N) is 1. The van der Waals surface area contributed by atoms with Crippen LogP contribution in [-0.2, 0) is 13.8 Å². The Balaban J connectivity index is 2.03. The highest BCUT2D eigenvalue weighted by molar-refractivity contribution is 7.51. The number of nitrogen functional groups attached to an aromatic ring is 1. The van der Waals surface area contributed by atoms with Crippen molar-refractivity contribution in [1.29, 1.82) is 0 Å². The van der Waals surface area contributed by atoms with E-state index in [0.29, 0.717) is 24.3 Å². The van der Waals surface area contributed by atoms with Crippen molar-refractivity contribution < 1.29 is 18.7 Å². The number of nitrogens with two attached hydrogens (primary N) is 1. The number of hydrogen-bond donors (Lipinski definition) is 3. The summed E-state index contributed by atoms with van der Waals surface area (Å²) in [5, 5.41) is 3.13. The molecule has 0 aromatic carbocycles. The van der Waals surface area contributed by atoms with E-state index >= 15 is 0 Å². The zero-order valence-electron chi connectivity index (χ0n) is 13.4. The molecule has 0 amide bonds. The molecule has 1 saturated heterocycles. The Morgan fingerprint density at radius 1 is 1.70 bits per heavy atom. The highest BCUT2D eigenvalue weighted by Gasteiger charge is 2.38. The molecule has 0 bridgehead atoms. The lowest BCUT2D eigenvalue weighted by molar-refractivity contribution is -0.0468. The second-order valence-electron chi connectivity index (χ2n) is 5.66. The average molecular weight is 343 g/mol. The smallest absolute Gasteiger partial charge is 0.325 e. The number of anilines is 2. The van der Waals surface area contributed by atoms with Gasteiger partial charge in [-0.25, -0.2) is 9.97 Å². The molecule has 0 saturated carbocycles. The van der Waals surface area contributed by atoms with Crippen LogP contribution in [0.4, 0.5) is 17.3 Å². The van der Waals surface area contributed by atoms with Gasteiger partial charge in [0, 0.05) is 12.9 Å². The number of hydrogen-bond acceptors (Lipinski definition) is 8. The summed E-state index contributed by atoms with van der Waals surface area (Å²) >= 11 is 0. The Kier molecular flexibility index (Phi) is 5.36. The minimum absolute atomic E-state index is 0.0430. The van der Waals surface area contributed by atoms with Crippen LogP contribution in [0.3, 0.4) is 0 Å². The summed E-state index contributed by atoms with van der Waals surface area (Å²) in [6.45, 7) is 4.81. The normalized spacial score (nSPS) is 27.2. The lowest BCUT2D eigenvalue weighted by atomic mass is 10.0. The van der Waals surface area contributed by atoms with E-state index in [-0.39, 0.29) is 18.7 Å². The molecule has 2 rings (SSSR count). The molecule has 3 atom stereocenters. The second kappa shape index (κ2) is 6.92. The van der Waals surface area contributed by atoms with E-state index in [1.807, 2.05) is 6.92 Å². The van der Waals surface area contributed by atoms with Gasteiger partial charge in [0.15, 0.2) is 11.6 Å². The molecule has 9 nitrogen and oxygen atoms in total. The average Bonchev–Trinajstić information content (AvgIpc) is 2.82. The predicted molar refractivity (Wildman–Crippen MR) is 88.1 cm³/mol. The number of aromatic nitrogens is 2. The molecule has 1 fully saturated rings. The Morgan fingerprint density at radius 3 is 3.09 bits per heavy atom. The van der Waals surface area contributed by atoms with Crippen LogP contribution in [0, 0.1) is 0 Å². The van der Waals surface area contributed by atoms with Crippen molar-refractivity contribution in [3.63, 3.8) is 0 Å². The minimum atomic E-state index is -3.53. The highest BCUT2D eigenvalue weighted by atomic mass is 31.2. The molecule has 0 aliphatic carbocycles. The Labute approximate surface area is 134 Å². The highest BCUT2D eigenvalue weighted by Crippen LogP contribution is 2.41. The van der Waals surface area contributed by atoms with Crippen LogP contribution in [-0.4, -0.2) is 46.2 Å². The van der Waals surface area contributed by atoms with E-state index < -0.39 is 13.2 Å². The van der Waals surface area contributed by atoms with Gasteiger partial charge in [-0.3, -0.25) is 9.56 Å². The van der Waals surface area contributed by atoms with E-state index in [1.165, 1.54) is 6.33 Å². The third-order valence-corrected chi connectivity index (χ3v) is 3.99. The molecule has 4 N–H and O–H groups in total. The van der Waals surface area contributed by atoms with Gasteiger partial charge in [-0.05, 0) is 26.7 Å². The zero-order chi connectivity index (χ0) is 17.1. The van der Waals surface area contributed by atoms with Gasteiger partial charge in [-0.2, -0.15) is 0 Å². The minimum Gasteiger partial charge on any atom is -0.382 e. The lowest BCUT2D eigenvalue weighted by Crippen LogP contribution is -2.32. The van der Waals surface area contributed by atoms with Crippen LogP contribution in [0.25, 0.3) is 0 Å². The van der Waals surface area contributed by atoms with Crippen LogP contribution in [0.15, 0.2) is 11.3 Å². The number of rotatable bonds is 6. The van der Waals surface area contributed by atoms with Gasteiger partial charge in [-0.15, -0.1) is 0 Å². The maximum atomic E-state index is 11.3. The first-order chi connectivity index (χ1) is 10.7. The van der Waals surface area contributed by atoms with Gasteiger partial charge < -0.3 is 25.2 Å². The van der Waals surface area contributed by atoms with Gasteiger partial charge in [-0.1, -0.05) is 0 Å². The molecule has 0 spiro atoms. The second-order valence-corrected chi connectivity index (χ2v) is 7.52. The zero-order valence-corrected chi connectivity index (χ0v) is 14.3. The molecule has 23 heavy (non-hydrogen) atoms. The van der Waals surface area contributed by atoms with E-state index in [4.69, 9.17) is 15.0 Å². The van der Waals surface area contributed by atoms with Crippen molar-refractivity contribution in [1.82, 2.24) is 9.97 Å². The van der Waals surface area contributed by atoms with Crippen LogP contribution in [0.2, 0.25) is 0 Å². The van der Waals surface area contributed by atoms with Gasteiger partial charge >= 0.3 is 7.60 Å². The molecule has 0 radical (unpaired) electrons. The predicted octanol–water partition coefficient (Wildman–Crippen LogP) is 1.92. The van der Waals surface area contributed by atoms with Crippen molar-refractivity contribution in [2.24, 2.45) is 4.99 Å². The number of nitrogens with zero attached hydrogens (tertiary/aromatic N) is 3. The Bertz CT molecular complexity index is 635. The van der Waals surface area contributed by atoms with E-state index in [9.17, 15) is 9.46 Å². The monoisotopic (exact) mass is 343 g/mol. The van der Waals surface area contributed by atoms with E-state index in [0.717, 1.165) is 6.66 Å². The molecule has 1 aliphatic heterocycles. The lowest BCUT2D eigenvalue weighted by Gasteiger charge is -2.25. The van der Waals surface area contributed by atoms with E-state index in [1.54, 1.807) is 13.1 Å². The first-order valence-electron chi connectivity index (χ1n) is 7.21.